The van der Waals surface area contributed by atoms with Crippen molar-refractivity contribution in [2.24, 2.45) is 0 Å². The normalized spacial score (nSPS) is 14.7. The number of para-hydroxylation sites is 1. The smallest absolute Gasteiger partial charge is 0.119 e. The summed E-state index contributed by atoms with van der Waals surface area (Å²) < 4.78 is 6.03. The van der Waals surface area contributed by atoms with Gasteiger partial charge in [0.25, 0.3) is 0 Å². The fraction of sp³-hybridized carbons (Fsp3) is 0.571. The number of benzene rings is 2. The average molecular weight is 423 g/mol. The quantitative estimate of drug-likeness (QED) is 0.312. The molecule has 0 amide bonds. The van der Waals surface area contributed by atoms with Gasteiger partial charge >= 0.3 is 0 Å². The Balaban J connectivity index is 1.47. The Kier molecular flexibility index (Phi) is 10.2. The summed E-state index contributed by atoms with van der Waals surface area (Å²) in [6, 6.07) is 20.2. The van der Waals surface area contributed by atoms with Crippen LogP contribution in [0, 0.1) is 0 Å². The summed E-state index contributed by atoms with van der Waals surface area (Å²) in [7, 11) is 0. The molecular weight excluding hydrogens is 380 g/mol. The second kappa shape index (κ2) is 13.4. The third kappa shape index (κ3) is 7.57. The molecule has 3 nitrogen and oxygen atoms in total. The highest BCUT2D eigenvalue weighted by molar-refractivity contribution is 5.64. The molecule has 0 aliphatic heterocycles. The third-order valence-electron chi connectivity index (χ3n) is 6.62. The zero-order valence-corrected chi connectivity index (χ0v) is 19.8. The Bertz CT molecular complexity index is 706. The van der Waals surface area contributed by atoms with E-state index in [2.05, 4.69) is 78.2 Å². The minimum Gasteiger partial charge on any atom is -0.494 e. The van der Waals surface area contributed by atoms with E-state index in [0.717, 1.165) is 31.9 Å². The molecule has 0 N–H and O–H groups in total. The zero-order chi connectivity index (χ0) is 21.7. The van der Waals surface area contributed by atoms with Gasteiger partial charge in [0.1, 0.15) is 5.75 Å². The van der Waals surface area contributed by atoms with E-state index in [0.29, 0.717) is 6.04 Å². The van der Waals surface area contributed by atoms with Crippen molar-refractivity contribution in [3.05, 3.63) is 54.6 Å². The fourth-order valence-corrected chi connectivity index (χ4v) is 4.72. The first-order valence-corrected chi connectivity index (χ1v) is 12.6. The van der Waals surface area contributed by atoms with Crippen molar-refractivity contribution < 1.29 is 4.74 Å². The summed E-state index contributed by atoms with van der Waals surface area (Å²) >= 11 is 0. The number of unbranched alkanes of at least 4 members (excludes halogenated alkanes) is 3. The summed E-state index contributed by atoms with van der Waals surface area (Å²) in [5.74, 6) is 0.989. The van der Waals surface area contributed by atoms with E-state index in [4.69, 9.17) is 4.74 Å². The van der Waals surface area contributed by atoms with Crippen molar-refractivity contribution in [2.45, 2.75) is 77.7 Å². The predicted octanol–water partition coefficient (Wildman–Crippen LogP) is 7.44. The number of hydrogen-bond donors (Lipinski definition) is 0. The van der Waals surface area contributed by atoms with Gasteiger partial charge in [0.2, 0.25) is 0 Å². The van der Waals surface area contributed by atoms with Crippen LogP contribution in [0.4, 0.5) is 11.4 Å². The largest absolute Gasteiger partial charge is 0.494 e. The molecule has 1 aliphatic rings. The van der Waals surface area contributed by atoms with E-state index in [1.54, 1.807) is 0 Å². The first-order chi connectivity index (χ1) is 15.3. The summed E-state index contributed by atoms with van der Waals surface area (Å²) in [6.07, 6.45) is 11.6. The van der Waals surface area contributed by atoms with Crippen molar-refractivity contribution in [1.82, 2.24) is 4.90 Å². The maximum absolute atomic E-state index is 6.03. The van der Waals surface area contributed by atoms with E-state index < -0.39 is 0 Å². The van der Waals surface area contributed by atoms with Crippen LogP contribution >= 0.6 is 0 Å². The van der Waals surface area contributed by atoms with E-state index in [9.17, 15) is 0 Å². The van der Waals surface area contributed by atoms with Crippen molar-refractivity contribution in [3.8, 4) is 5.75 Å². The third-order valence-corrected chi connectivity index (χ3v) is 6.62. The standard InChI is InChI=1S/C28H42N2O/c1-3-29(4-2)23-13-5-6-14-24-31-28-21-19-27(20-22-28)30(25-15-9-7-10-16-25)26-17-11-8-12-18-26/h7,9-10,15-16,19-22,26H,3-6,8,11-14,17-18,23-24H2,1-2H3. The summed E-state index contributed by atoms with van der Waals surface area (Å²) in [4.78, 5) is 5.04. The van der Waals surface area contributed by atoms with Crippen LogP contribution < -0.4 is 9.64 Å². The monoisotopic (exact) mass is 422 g/mol. The Morgan fingerprint density at radius 2 is 1.39 bits per heavy atom. The minimum atomic E-state index is 0.597. The van der Waals surface area contributed by atoms with Crippen LogP contribution in [0.2, 0.25) is 0 Å². The molecule has 0 saturated heterocycles. The number of rotatable bonds is 13. The van der Waals surface area contributed by atoms with Crippen molar-refractivity contribution in [2.75, 3.05) is 31.1 Å². The lowest BCUT2D eigenvalue weighted by Gasteiger charge is -2.36. The van der Waals surface area contributed by atoms with Crippen LogP contribution in [0.1, 0.15) is 71.6 Å². The highest BCUT2D eigenvalue weighted by Crippen LogP contribution is 2.34. The second-order valence-corrected chi connectivity index (χ2v) is 8.78. The Morgan fingerprint density at radius 1 is 0.742 bits per heavy atom. The van der Waals surface area contributed by atoms with Gasteiger partial charge in [0.15, 0.2) is 0 Å². The van der Waals surface area contributed by atoms with Crippen molar-refractivity contribution >= 4 is 11.4 Å². The van der Waals surface area contributed by atoms with Gasteiger partial charge in [-0.15, -0.1) is 0 Å². The molecule has 170 valence electrons. The molecule has 3 rings (SSSR count). The minimum absolute atomic E-state index is 0.597. The Hall–Kier alpha value is -2.00. The van der Waals surface area contributed by atoms with Gasteiger partial charge in [-0.1, -0.05) is 64.2 Å². The molecule has 0 radical (unpaired) electrons. The maximum Gasteiger partial charge on any atom is 0.119 e. The van der Waals surface area contributed by atoms with Gasteiger partial charge in [0.05, 0.1) is 6.61 Å². The van der Waals surface area contributed by atoms with E-state index in [1.807, 2.05) is 0 Å². The Morgan fingerprint density at radius 3 is 2.06 bits per heavy atom. The molecule has 0 aromatic heterocycles. The first-order valence-electron chi connectivity index (χ1n) is 12.6. The molecule has 3 heteroatoms. The first kappa shape index (κ1) is 23.7. The van der Waals surface area contributed by atoms with Crippen molar-refractivity contribution in [1.29, 1.82) is 0 Å². The molecular formula is C28H42N2O. The van der Waals surface area contributed by atoms with Gasteiger partial charge in [-0.05, 0) is 81.7 Å². The average Bonchev–Trinajstić information content (AvgIpc) is 2.83. The fourth-order valence-electron chi connectivity index (χ4n) is 4.72. The van der Waals surface area contributed by atoms with Crippen LogP contribution in [0.5, 0.6) is 5.75 Å². The highest BCUT2D eigenvalue weighted by Gasteiger charge is 2.22. The van der Waals surface area contributed by atoms with Crippen LogP contribution in [-0.2, 0) is 0 Å². The van der Waals surface area contributed by atoms with Crippen LogP contribution in [0.3, 0.4) is 0 Å². The van der Waals surface area contributed by atoms with Crippen LogP contribution in [-0.4, -0.2) is 37.2 Å². The zero-order valence-electron chi connectivity index (χ0n) is 19.8. The molecule has 0 heterocycles. The van der Waals surface area contributed by atoms with Gasteiger partial charge in [-0.2, -0.15) is 0 Å². The maximum atomic E-state index is 6.03. The molecule has 2 aromatic rings. The Labute approximate surface area is 190 Å². The molecule has 0 spiro atoms. The lowest BCUT2D eigenvalue weighted by atomic mass is 9.93. The molecule has 0 atom stereocenters. The van der Waals surface area contributed by atoms with E-state index in [-0.39, 0.29) is 0 Å². The molecule has 1 aliphatic carbocycles. The molecule has 31 heavy (non-hydrogen) atoms. The van der Waals surface area contributed by atoms with Crippen LogP contribution in [0.25, 0.3) is 0 Å². The summed E-state index contributed by atoms with van der Waals surface area (Å²) in [5, 5.41) is 0. The number of nitrogens with zero attached hydrogens (tertiary/aromatic N) is 2. The van der Waals surface area contributed by atoms with Gasteiger partial charge in [-0.25, -0.2) is 0 Å². The molecule has 0 bridgehead atoms. The molecule has 0 unspecified atom stereocenters. The SMILES string of the molecule is CCN(CC)CCCCCCOc1ccc(N(c2ccccc2)C2CCCCC2)cc1. The van der Waals surface area contributed by atoms with Crippen LogP contribution in [0.15, 0.2) is 54.6 Å². The lowest BCUT2D eigenvalue weighted by molar-refractivity contribution is 0.284. The van der Waals surface area contributed by atoms with E-state index in [1.165, 1.54) is 69.3 Å². The molecule has 1 saturated carbocycles. The van der Waals surface area contributed by atoms with Gasteiger partial charge < -0.3 is 14.5 Å². The second-order valence-electron chi connectivity index (χ2n) is 8.78. The van der Waals surface area contributed by atoms with Gasteiger partial charge in [0, 0.05) is 17.4 Å². The van der Waals surface area contributed by atoms with E-state index >= 15 is 0 Å². The van der Waals surface area contributed by atoms with Crippen molar-refractivity contribution in [3.63, 3.8) is 0 Å². The predicted molar refractivity (Wildman–Crippen MR) is 134 cm³/mol. The molecule has 1 fully saturated rings. The summed E-state index contributed by atoms with van der Waals surface area (Å²) in [5.41, 5.74) is 2.58. The number of anilines is 2. The lowest BCUT2D eigenvalue weighted by Crippen LogP contribution is -2.32. The van der Waals surface area contributed by atoms with Gasteiger partial charge in [-0.3, -0.25) is 0 Å². The topological polar surface area (TPSA) is 15.7 Å². The highest BCUT2D eigenvalue weighted by atomic mass is 16.5. The number of hydrogen-bond acceptors (Lipinski definition) is 3. The molecule has 2 aromatic carbocycles. The summed E-state index contributed by atoms with van der Waals surface area (Å²) in [6.45, 7) is 8.87. The number of ether oxygens (including phenoxy) is 1.